The molecule has 114 valence electrons. The van der Waals surface area contributed by atoms with Gasteiger partial charge in [-0.1, -0.05) is 30.3 Å². The molecule has 0 aliphatic rings. The smallest absolute Gasteiger partial charge is 0.313 e. The van der Waals surface area contributed by atoms with E-state index in [1.54, 1.807) is 31.4 Å². The van der Waals surface area contributed by atoms with Crippen LogP contribution >= 0.6 is 0 Å². The van der Waals surface area contributed by atoms with Crippen LogP contribution in [0.2, 0.25) is 0 Å². The predicted molar refractivity (Wildman–Crippen MR) is 83.0 cm³/mol. The number of hydrogen-bond acceptors (Lipinski definition) is 4. The summed E-state index contributed by atoms with van der Waals surface area (Å²) < 4.78 is 10.1. The summed E-state index contributed by atoms with van der Waals surface area (Å²) in [6, 6.07) is 16.4. The van der Waals surface area contributed by atoms with Crippen molar-refractivity contribution < 1.29 is 19.1 Å². The molecule has 0 radical (unpaired) electrons. The summed E-state index contributed by atoms with van der Waals surface area (Å²) in [4.78, 5) is 23.6. The average molecular weight is 298 g/mol. The first-order valence-corrected chi connectivity index (χ1v) is 7.06. The van der Waals surface area contributed by atoms with Crippen molar-refractivity contribution in [1.29, 1.82) is 0 Å². The van der Waals surface area contributed by atoms with Crippen molar-refractivity contribution >= 4 is 11.8 Å². The quantitative estimate of drug-likeness (QED) is 0.448. The molecule has 0 aliphatic heterocycles. The Hall–Kier alpha value is -2.62. The second-order valence-corrected chi connectivity index (χ2v) is 4.78. The van der Waals surface area contributed by atoms with Crippen LogP contribution in [0.25, 0.3) is 0 Å². The molecule has 4 nitrogen and oxygen atoms in total. The molecule has 0 unspecified atom stereocenters. The lowest BCUT2D eigenvalue weighted by Crippen LogP contribution is -2.13. The van der Waals surface area contributed by atoms with Gasteiger partial charge in [0.2, 0.25) is 0 Å². The highest BCUT2D eigenvalue weighted by Crippen LogP contribution is 2.13. The van der Waals surface area contributed by atoms with Gasteiger partial charge in [0.1, 0.15) is 12.2 Å². The van der Waals surface area contributed by atoms with Crippen LogP contribution in [0, 0.1) is 0 Å². The van der Waals surface area contributed by atoms with Gasteiger partial charge in [0.25, 0.3) is 0 Å². The van der Waals surface area contributed by atoms with E-state index in [2.05, 4.69) is 0 Å². The van der Waals surface area contributed by atoms with E-state index in [4.69, 9.17) is 9.47 Å². The molecule has 0 heterocycles. The number of rotatable bonds is 7. The van der Waals surface area contributed by atoms with Crippen LogP contribution in [0.3, 0.4) is 0 Å². The minimum atomic E-state index is -0.503. The zero-order chi connectivity index (χ0) is 15.8. The Balaban J connectivity index is 1.77. The second kappa shape index (κ2) is 7.98. The van der Waals surface area contributed by atoms with Crippen LogP contribution in [0.15, 0.2) is 54.6 Å². The highest BCUT2D eigenvalue weighted by atomic mass is 16.5. The maximum atomic E-state index is 11.9. The lowest BCUT2D eigenvalue weighted by atomic mass is 10.1. The van der Waals surface area contributed by atoms with Gasteiger partial charge in [0, 0.05) is 12.0 Å². The van der Waals surface area contributed by atoms with E-state index >= 15 is 0 Å². The van der Waals surface area contributed by atoms with Crippen molar-refractivity contribution in [3.05, 3.63) is 65.7 Å². The first-order valence-electron chi connectivity index (χ1n) is 7.06. The number of carbonyl (C=O) groups excluding carboxylic acids is 2. The van der Waals surface area contributed by atoms with Crippen molar-refractivity contribution in [3.63, 3.8) is 0 Å². The van der Waals surface area contributed by atoms with Gasteiger partial charge in [-0.25, -0.2) is 0 Å². The largest absolute Gasteiger partial charge is 0.497 e. The molecular formula is C18H18O4. The molecule has 2 aromatic carbocycles. The minimum absolute atomic E-state index is 0.249. The Bertz CT molecular complexity index is 617. The zero-order valence-corrected chi connectivity index (χ0v) is 12.5. The van der Waals surface area contributed by atoms with Crippen LogP contribution in [-0.4, -0.2) is 25.5 Å². The molecular weight excluding hydrogens is 280 g/mol. The summed E-state index contributed by atoms with van der Waals surface area (Å²) in [6.45, 7) is 0.277. The van der Waals surface area contributed by atoms with E-state index in [1.165, 1.54) is 0 Å². The minimum Gasteiger partial charge on any atom is -0.497 e. The third-order valence-electron chi connectivity index (χ3n) is 3.21. The van der Waals surface area contributed by atoms with Gasteiger partial charge in [0.05, 0.1) is 13.7 Å². The van der Waals surface area contributed by atoms with Gasteiger partial charge in [-0.15, -0.1) is 0 Å². The van der Waals surface area contributed by atoms with Crippen LogP contribution in [0.4, 0.5) is 0 Å². The topological polar surface area (TPSA) is 52.6 Å². The van der Waals surface area contributed by atoms with E-state index in [-0.39, 0.29) is 18.8 Å². The fraction of sp³-hybridized carbons (Fsp3) is 0.222. The molecule has 0 bridgehead atoms. The standard InChI is InChI=1S/C18H18O4/c1-21-16-9-7-15(8-10-16)17(19)13-18(20)22-12-11-14-5-3-2-4-6-14/h2-10H,11-13H2,1H3. The summed E-state index contributed by atoms with van der Waals surface area (Å²) >= 11 is 0. The maximum absolute atomic E-state index is 11.9. The van der Waals surface area contributed by atoms with Crippen molar-refractivity contribution in [2.24, 2.45) is 0 Å². The van der Waals surface area contributed by atoms with Crippen LogP contribution < -0.4 is 4.74 Å². The summed E-state index contributed by atoms with van der Waals surface area (Å²) in [6.07, 6.45) is 0.393. The van der Waals surface area contributed by atoms with E-state index in [0.29, 0.717) is 17.7 Å². The number of hydrogen-bond donors (Lipinski definition) is 0. The average Bonchev–Trinajstić information content (AvgIpc) is 2.56. The molecule has 22 heavy (non-hydrogen) atoms. The Morgan fingerprint density at radius 1 is 0.955 bits per heavy atom. The number of ether oxygens (including phenoxy) is 2. The molecule has 0 spiro atoms. The Morgan fingerprint density at radius 3 is 2.27 bits per heavy atom. The molecule has 0 saturated heterocycles. The van der Waals surface area contributed by atoms with Crippen LogP contribution in [0.1, 0.15) is 22.3 Å². The molecule has 0 fully saturated rings. The summed E-state index contributed by atoms with van der Waals surface area (Å²) in [5.74, 6) is -0.0916. The van der Waals surface area contributed by atoms with Gasteiger partial charge >= 0.3 is 5.97 Å². The number of ketones is 1. The number of carbonyl (C=O) groups is 2. The zero-order valence-electron chi connectivity index (χ0n) is 12.5. The van der Waals surface area contributed by atoms with E-state index in [1.807, 2.05) is 30.3 Å². The van der Waals surface area contributed by atoms with Gasteiger partial charge in [-0.3, -0.25) is 9.59 Å². The van der Waals surface area contributed by atoms with Crippen molar-refractivity contribution in [2.45, 2.75) is 12.8 Å². The molecule has 4 heteroatoms. The van der Waals surface area contributed by atoms with E-state index in [0.717, 1.165) is 5.56 Å². The predicted octanol–water partition coefficient (Wildman–Crippen LogP) is 3.05. The lowest BCUT2D eigenvalue weighted by molar-refractivity contribution is -0.142. The lowest BCUT2D eigenvalue weighted by Gasteiger charge is -2.05. The highest BCUT2D eigenvalue weighted by molar-refractivity contribution is 6.05. The number of Topliss-reactive ketones (excluding diaryl/α,β-unsaturated/α-hetero) is 1. The fourth-order valence-electron chi connectivity index (χ4n) is 1.99. The van der Waals surface area contributed by atoms with E-state index in [9.17, 15) is 9.59 Å². The Kier molecular flexibility index (Phi) is 5.72. The first-order chi connectivity index (χ1) is 10.7. The third-order valence-corrected chi connectivity index (χ3v) is 3.21. The van der Waals surface area contributed by atoms with Crippen LogP contribution in [-0.2, 0) is 16.0 Å². The monoisotopic (exact) mass is 298 g/mol. The molecule has 0 atom stereocenters. The van der Waals surface area contributed by atoms with Crippen molar-refractivity contribution in [3.8, 4) is 5.75 Å². The molecule has 0 aromatic heterocycles. The number of esters is 1. The molecule has 2 rings (SSSR count). The summed E-state index contributed by atoms with van der Waals surface area (Å²) in [5, 5.41) is 0. The van der Waals surface area contributed by atoms with Gasteiger partial charge in [-0.05, 0) is 29.8 Å². The Labute approximate surface area is 129 Å². The van der Waals surface area contributed by atoms with Crippen LogP contribution in [0.5, 0.6) is 5.75 Å². The maximum Gasteiger partial charge on any atom is 0.313 e. The first kappa shape index (κ1) is 15.8. The fourth-order valence-corrected chi connectivity index (χ4v) is 1.99. The second-order valence-electron chi connectivity index (χ2n) is 4.78. The number of methoxy groups -OCH3 is 1. The molecule has 0 N–H and O–H groups in total. The molecule has 0 saturated carbocycles. The van der Waals surface area contributed by atoms with E-state index < -0.39 is 5.97 Å². The van der Waals surface area contributed by atoms with Crippen molar-refractivity contribution in [1.82, 2.24) is 0 Å². The van der Waals surface area contributed by atoms with Gasteiger partial charge in [0.15, 0.2) is 5.78 Å². The summed E-state index contributed by atoms with van der Waals surface area (Å²) in [5.41, 5.74) is 1.57. The van der Waals surface area contributed by atoms with Gasteiger partial charge < -0.3 is 9.47 Å². The van der Waals surface area contributed by atoms with Gasteiger partial charge in [-0.2, -0.15) is 0 Å². The normalized spacial score (nSPS) is 10.0. The molecule has 2 aromatic rings. The Morgan fingerprint density at radius 2 is 1.64 bits per heavy atom. The highest BCUT2D eigenvalue weighted by Gasteiger charge is 2.13. The number of benzene rings is 2. The molecule has 0 amide bonds. The van der Waals surface area contributed by atoms with Crippen molar-refractivity contribution in [2.75, 3.05) is 13.7 Å². The molecule has 0 aliphatic carbocycles. The third kappa shape index (κ3) is 4.74. The summed E-state index contributed by atoms with van der Waals surface area (Å²) in [7, 11) is 1.56. The SMILES string of the molecule is COc1ccc(C(=O)CC(=O)OCCc2ccccc2)cc1.